The Kier molecular flexibility index (Phi) is 4.61. The van der Waals surface area contributed by atoms with E-state index in [1.807, 2.05) is 12.1 Å². The number of ether oxygens (including phenoxy) is 1. The summed E-state index contributed by atoms with van der Waals surface area (Å²) in [6, 6.07) is 8.50. The maximum absolute atomic E-state index is 6.00. The molecule has 0 amide bonds. The Morgan fingerprint density at radius 2 is 2.22 bits per heavy atom. The van der Waals surface area contributed by atoms with Gasteiger partial charge >= 0.3 is 0 Å². The maximum atomic E-state index is 6.00. The molecule has 3 heteroatoms. The van der Waals surface area contributed by atoms with Crippen LogP contribution in [0, 0.1) is 5.92 Å². The van der Waals surface area contributed by atoms with E-state index in [-0.39, 0.29) is 12.1 Å². The predicted octanol–water partition coefficient (Wildman–Crippen LogP) is 2.65. The molecule has 0 saturated heterocycles. The second kappa shape index (κ2) is 6.21. The first-order chi connectivity index (χ1) is 8.74. The highest BCUT2D eigenvalue weighted by Gasteiger charge is 2.30. The van der Waals surface area contributed by atoms with Crippen molar-refractivity contribution in [3.8, 4) is 5.75 Å². The van der Waals surface area contributed by atoms with E-state index in [1.165, 1.54) is 18.4 Å². The minimum Gasteiger partial charge on any atom is -0.488 e. The summed E-state index contributed by atoms with van der Waals surface area (Å²) in [4.78, 5) is 0. The number of benzene rings is 1. The topological polar surface area (TPSA) is 47.3 Å². The van der Waals surface area contributed by atoms with Gasteiger partial charge in [-0.25, -0.2) is 0 Å². The molecule has 0 bridgehead atoms. The lowest BCUT2D eigenvalue weighted by atomic mass is 9.93. The summed E-state index contributed by atoms with van der Waals surface area (Å²) >= 11 is 0. The van der Waals surface area contributed by atoms with Gasteiger partial charge in [-0.05, 0) is 24.0 Å². The van der Waals surface area contributed by atoms with Crippen LogP contribution in [-0.2, 0) is 6.42 Å². The van der Waals surface area contributed by atoms with E-state index in [2.05, 4.69) is 31.4 Å². The first-order valence-electron chi connectivity index (χ1n) is 6.95. The van der Waals surface area contributed by atoms with Crippen LogP contribution in [0.1, 0.15) is 38.7 Å². The van der Waals surface area contributed by atoms with Crippen molar-refractivity contribution in [2.24, 2.45) is 11.8 Å². The third-order valence-electron chi connectivity index (χ3n) is 3.77. The number of hydrazine groups is 1. The Morgan fingerprint density at radius 1 is 1.44 bits per heavy atom. The molecule has 1 aliphatic rings. The Bertz CT molecular complexity index is 356. The molecule has 0 fully saturated rings. The highest BCUT2D eigenvalue weighted by atomic mass is 16.5. The van der Waals surface area contributed by atoms with Gasteiger partial charge in [0.2, 0.25) is 0 Å². The van der Waals surface area contributed by atoms with Gasteiger partial charge in [-0.3, -0.25) is 11.3 Å². The number of fused-ring (bicyclic) bond motifs is 1. The number of nitrogens with one attached hydrogen (secondary N) is 1. The van der Waals surface area contributed by atoms with Crippen LogP contribution in [0.3, 0.4) is 0 Å². The molecule has 0 radical (unpaired) electrons. The van der Waals surface area contributed by atoms with Gasteiger partial charge in [0.1, 0.15) is 11.9 Å². The zero-order chi connectivity index (χ0) is 13.0. The Morgan fingerprint density at radius 3 is 2.89 bits per heavy atom. The molecule has 1 aromatic rings. The average molecular weight is 248 g/mol. The Balaban J connectivity index is 1.95. The second-order valence-corrected chi connectivity index (χ2v) is 5.37. The minimum absolute atomic E-state index is 0.173. The summed E-state index contributed by atoms with van der Waals surface area (Å²) in [5.74, 6) is 7.40. The van der Waals surface area contributed by atoms with Crippen LogP contribution >= 0.6 is 0 Å². The first kappa shape index (κ1) is 13.4. The van der Waals surface area contributed by atoms with E-state index in [1.54, 1.807) is 0 Å². The summed E-state index contributed by atoms with van der Waals surface area (Å²) in [5.41, 5.74) is 4.24. The fourth-order valence-electron chi connectivity index (χ4n) is 2.80. The second-order valence-electron chi connectivity index (χ2n) is 5.37. The van der Waals surface area contributed by atoms with Gasteiger partial charge in [-0.2, -0.15) is 0 Å². The summed E-state index contributed by atoms with van der Waals surface area (Å²) in [7, 11) is 0. The lowest BCUT2D eigenvalue weighted by Crippen LogP contribution is -2.47. The first-order valence-corrected chi connectivity index (χ1v) is 6.95. The van der Waals surface area contributed by atoms with E-state index >= 15 is 0 Å². The largest absolute Gasteiger partial charge is 0.488 e. The lowest BCUT2D eigenvalue weighted by Gasteiger charge is -2.25. The minimum atomic E-state index is 0.173. The van der Waals surface area contributed by atoms with Gasteiger partial charge in [-0.15, -0.1) is 0 Å². The quantitative estimate of drug-likeness (QED) is 0.601. The fourth-order valence-corrected chi connectivity index (χ4v) is 2.80. The molecule has 100 valence electrons. The molecule has 1 aromatic carbocycles. The molecular formula is C15H24N2O. The number of rotatable bonds is 6. The van der Waals surface area contributed by atoms with Crippen LogP contribution < -0.4 is 16.0 Å². The standard InChI is InChI=1S/C15H24N2O/c1-3-6-11(2)9-13(17-16)15-10-12-7-4-5-8-14(12)18-15/h4-5,7-8,11,13,15,17H,3,6,9-10,16H2,1-2H3. The summed E-state index contributed by atoms with van der Waals surface area (Å²) in [5, 5.41) is 0. The number of nitrogens with two attached hydrogens (primary N) is 1. The molecule has 2 rings (SSSR count). The van der Waals surface area contributed by atoms with Crippen LogP contribution in [0.2, 0.25) is 0 Å². The van der Waals surface area contributed by atoms with Gasteiger partial charge in [0, 0.05) is 6.42 Å². The van der Waals surface area contributed by atoms with E-state index in [0.29, 0.717) is 5.92 Å². The van der Waals surface area contributed by atoms with Gasteiger partial charge in [0.15, 0.2) is 0 Å². The van der Waals surface area contributed by atoms with E-state index < -0.39 is 0 Å². The van der Waals surface area contributed by atoms with Crippen molar-refractivity contribution in [2.75, 3.05) is 0 Å². The maximum Gasteiger partial charge on any atom is 0.123 e. The van der Waals surface area contributed by atoms with E-state index in [4.69, 9.17) is 10.6 Å². The molecule has 3 unspecified atom stereocenters. The van der Waals surface area contributed by atoms with Crippen molar-refractivity contribution in [3.63, 3.8) is 0 Å². The Hall–Kier alpha value is -1.06. The van der Waals surface area contributed by atoms with Crippen molar-refractivity contribution in [1.29, 1.82) is 0 Å². The lowest BCUT2D eigenvalue weighted by molar-refractivity contribution is 0.160. The molecule has 3 N–H and O–H groups in total. The third-order valence-corrected chi connectivity index (χ3v) is 3.77. The molecule has 1 aliphatic heterocycles. The smallest absolute Gasteiger partial charge is 0.123 e. The predicted molar refractivity (Wildman–Crippen MR) is 74.4 cm³/mol. The normalized spacial score (nSPS) is 21.2. The zero-order valence-electron chi connectivity index (χ0n) is 11.4. The van der Waals surface area contributed by atoms with E-state index in [9.17, 15) is 0 Å². The molecule has 0 saturated carbocycles. The summed E-state index contributed by atoms with van der Waals surface area (Å²) < 4.78 is 6.00. The molecule has 1 heterocycles. The molecular weight excluding hydrogens is 224 g/mol. The Labute approximate surface area is 110 Å². The molecule has 18 heavy (non-hydrogen) atoms. The third kappa shape index (κ3) is 3.03. The molecule has 0 aliphatic carbocycles. The van der Waals surface area contributed by atoms with Gasteiger partial charge in [0.05, 0.1) is 6.04 Å². The average Bonchev–Trinajstić information content (AvgIpc) is 2.79. The van der Waals surface area contributed by atoms with Crippen molar-refractivity contribution < 1.29 is 4.74 Å². The number of hydrogen-bond donors (Lipinski definition) is 2. The summed E-state index contributed by atoms with van der Waals surface area (Å²) in [6.07, 6.45) is 4.68. The molecule has 0 aromatic heterocycles. The van der Waals surface area contributed by atoms with Gasteiger partial charge in [-0.1, -0.05) is 44.9 Å². The molecule has 3 atom stereocenters. The van der Waals surface area contributed by atoms with Crippen LogP contribution in [0.25, 0.3) is 0 Å². The van der Waals surface area contributed by atoms with E-state index in [0.717, 1.165) is 18.6 Å². The number of para-hydroxylation sites is 1. The molecule has 3 nitrogen and oxygen atoms in total. The molecule has 0 spiro atoms. The van der Waals surface area contributed by atoms with Gasteiger partial charge in [0.25, 0.3) is 0 Å². The zero-order valence-corrected chi connectivity index (χ0v) is 11.4. The summed E-state index contributed by atoms with van der Waals surface area (Å²) in [6.45, 7) is 4.51. The van der Waals surface area contributed by atoms with Crippen LogP contribution in [0.15, 0.2) is 24.3 Å². The van der Waals surface area contributed by atoms with Crippen molar-refractivity contribution in [2.45, 2.75) is 51.7 Å². The SMILES string of the molecule is CCCC(C)CC(NN)C1Cc2ccccc2O1. The van der Waals surface area contributed by atoms with Crippen LogP contribution in [-0.4, -0.2) is 12.1 Å². The van der Waals surface area contributed by atoms with Crippen molar-refractivity contribution in [1.82, 2.24) is 5.43 Å². The van der Waals surface area contributed by atoms with Crippen molar-refractivity contribution in [3.05, 3.63) is 29.8 Å². The number of hydrogen-bond acceptors (Lipinski definition) is 3. The van der Waals surface area contributed by atoms with Crippen LogP contribution in [0.5, 0.6) is 5.75 Å². The van der Waals surface area contributed by atoms with Crippen LogP contribution in [0.4, 0.5) is 0 Å². The monoisotopic (exact) mass is 248 g/mol. The van der Waals surface area contributed by atoms with Gasteiger partial charge < -0.3 is 4.74 Å². The van der Waals surface area contributed by atoms with Crippen molar-refractivity contribution >= 4 is 0 Å². The highest BCUT2D eigenvalue weighted by molar-refractivity contribution is 5.37. The fraction of sp³-hybridized carbons (Fsp3) is 0.600. The highest BCUT2D eigenvalue weighted by Crippen LogP contribution is 2.31.